The lowest BCUT2D eigenvalue weighted by Crippen LogP contribution is -2.40. The number of carbonyl (C=O) groups is 1. The fraction of sp³-hybridized carbons (Fsp3) is 0.538. The van der Waals surface area contributed by atoms with Crippen molar-refractivity contribution in [1.29, 1.82) is 0 Å². The highest BCUT2D eigenvalue weighted by molar-refractivity contribution is 9.10. The van der Waals surface area contributed by atoms with Crippen LogP contribution in [-0.2, 0) is 4.79 Å². The van der Waals surface area contributed by atoms with E-state index >= 15 is 0 Å². The standard InChI is InChI=1S/C13H18BrN3O/c1-9-10(3-4-11(14)16-9)17-12(18)7-13(8-15)5-2-6-13/h3-4H,2,5-8,15H2,1H3,(H,17,18). The molecule has 0 aliphatic heterocycles. The van der Waals surface area contributed by atoms with Gasteiger partial charge in [0, 0.05) is 6.42 Å². The lowest BCUT2D eigenvalue weighted by Gasteiger charge is -2.40. The highest BCUT2D eigenvalue weighted by atomic mass is 79.9. The number of hydrogen-bond donors (Lipinski definition) is 2. The largest absolute Gasteiger partial charge is 0.330 e. The SMILES string of the molecule is Cc1nc(Br)ccc1NC(=O)CC1(CN)CCC1. The summed E-state index contributed by atoms with van der Waals surface area (Å²) in [5.74, 6) is 0.0346. The van der Waals surface area contributed by atoms with Gasteiger partial charge in [0.25, 0.3) is 0 Å². The van der Waals surface area contributed by atoms with Crippen LogP contribution >= 0.6 is 15.9 Å². The summed E-state index contributed by atoms with van der Waals surface area (Å²) in [5, 5.41) is 2.92. The summed E-state index contributed by atoms with van der Waals surface area (Å²) in [4.78, 5) is 16.3. The van der Waals surface area contributed by atoms with Gasteiger partial charge in [-0.15, -0.1) is 0 Å². The molecule has 1 heterocycles. The molecule has 0 atom stereocenters. The zero-order valence-electron chi connectivity index (χ0n) is 10.5. The van der Waals surface area contributed by atoms with Gasteiger partial charge < -0.3 is 11.1 Å². The monoisotopic (exact) mass is 311 g/mol. The van der Waals surface area contributed by atoms with Gasteiger partial charge in [0.2, 0.25) is 5.91 Å². The van der Waals surface area contributed by atoms with Crippen LogP contribution in [0.2, 0.25) is 0 Å². The van der Waals surface area contributed by atoms with Crippen molar-refractivity contribution in [2.75, 3.05) is 11.9 Å². The number of rotatable bonds is 4. The first-order valence-corrected chi connectivity index (χ1v) is 6.97. The van der Waals surface area contributed by atoms with Crippen molar-refractivity contribution in [3.63, 3.8) is 0 Å². The number of nitrogens with zero attached hydrogens (tertiary/aromatic N) is 1. The van der Waals surface area contributed by atoms with Crippen molar-refractivity contribution >= 4 is 27.5 Å². The molecule has 0 saturated heterocycles. The van der Waals surface area contributed by atoms with Crippen LogP contribution in [0.15, 0.2) is 16.7 Å². The number of carbonyl (C=O) groups excluding carboxylic acids is 1. The molecular formula is C13H18BrN3O. The normalized spacial score (nSPS) is 17.1. The number of pyridine rings is 1. The minimum atomic E-state index is 0.0346. The molecular weight excluding hydrogens is 294 g/mol. The Morgan fingerprint density at radius 1 is 1.56 bits per heavy atom. The number of aromatic nitrogens is 1. The summed E-state index contributed by atoms with van der Waals surface area (Å²) >= 11 is 3.30. The lowest BCUT2D eigenvalue weighted by atomic mass is 9.66. The number of halogens is 1. The van der Waals surface area contributed by atoms with Gasteiger partial charge in [-0.25, -0.2) is 4.98 Å². The first-order chi connectivity index (χ1) is 8.54. The predicted octanol–water partition coefficient (Wildman–Crippen LogP) is 2.61. The van der Waals surface area contributed by atoms with Gasteiger partial charge in [-0.1, -0.05) is 6.42 Å². The Balaban J connectivity index is 1.98. The maximum atomic E-state index is 12.0. The van der Waals surface area contributed by atoms with Crippen LogP contribution in [0.25, 0.3) is 0 Å². The van der Waals surface area contributed by atoms with Crippen molar-refractivity contribution in [3.8, 4) is 0 Å². The minimum Gasteiger partial charge on any atom is -0.330 e. The van der Waals surface area contributed by atoms with Crippen LogP contribution in [0, 0.1) is 12.3 Å². The highest BCUT2D eigenvalue weighted by Crippen LogP contribution is 2.43. The molecule has 0 aromatic carbocycles. The van der Waals surface area contributed by atoms with Crippen molar-refractivity contribution in [2.45, 2.75) is 32.6 Å². The van der Waals surface area contributed by atoms with Crippen LogP contribution in [0.3, 0.4) is 0 Å². The van der Waals surface area contributed by atoms with E-state index in [0.29, 0.717) is 13.0 Å². The average molecular weight is 312 g/mol. The molecule has 1 fully saturated rings. The number of anilines is 1. The number of nitrogens with two attached hydrogens (primary N) is 1. The molecule has 0 radical (unpaired) electrons. The topological polar surface area (TPSA) is 68.0 Å². The molecule has 1 aromatic rings. The summed E-state index contributed by atoms with van der Waals surface area (Å²) in [6, 6.07) is 3.69. The molecule has 1 saturated carbocycles. The zero-order valence-corrected chi connectivity index (χ0v) is 12.1. The Hall–Kier alpha value is -0.940. The highest BCUT2D eigenvalue weighted by Gasteiger charge is 2.37. The molecule has 0 bridgehead atoms. The molecule has 1 aliphatic carbocycles. The van der Waals surface area contributed by atoms with Crippen molar-refractivity contribution in [1.82, 2.24) is 4.98 Å². The van der Waals surface area contributed by atoms with E-state index in [1.807, 2.05) is 19.1 Å². The Bertz CT molecular complexity index is 452. The second-order valence-corrected chi connectivity index (χ2v) is 5.86. The molecule has 1 aliphatic rings. The molecule has 1 amide bonds. The first kappa shape index (κ1) is 13.5. The van der Waals surface area contributed by atoms with Gasteiger partial charge in [0.05, 0.1) is 11.4 Å². The van der Waals surface area contributed by atoms with Gasteiger partial charge in [-0.2, -0.15) is 0 Å². The summed E-state index contributed by atoms with van der Waals surface area (Å²) in [6.45, 7) is 2.47. The maximum Gasteiger partial charge on any atom is 0.225 e. The third kappa shape index (κ3) is 2.90. The van der Waals surface area contributed by atoms with Crippen molar-refractivity contribution in [2.24, 2.45) is 11.1 Å². The Morgan fingerprint density at radius 3 is 2.78 bits per heavy atom. The van der Waals surface area contributed by atoms with E-state index in [4.69, 9.17) is 5.73 Å². The van der Waals surface area contributed by atoms with Gasteiger partial charge in [0.1, 0.15) is 4.60 Å². The van der Waals surface area contributed by atoms with Crippen LogP contribution in [-0.4, -0.2) is 17.4 Å². The first-order valence-electron chi connectivity index (χ1n) is 6.18. The number of hydrogen-bond acceptors (Lipinski definition) is 3. The lowest BCUT2D eigenvalue weighted by molar-refractivity contribution is -0.119. The molecule has 0 unspecified atom stereocenters. The van der Waals surface area contributed by atoms with Gasteiger partial charge in [-0.05, 0) is 59.8 Å². The molecule has 18 heavy (non-hydrogen) atoms. The Kier molecular flexibility index (Phi) is 4.02. The average Bonchev–Trinajstić information content (AvgIpc) is 2.27. The molecule has 5 heteroatoms. The maximum absolute atomic E-state index is 12.0. The van der Waals surface area contributed by atoms with Crippen LogP contribution in [0.5, 0.6) is 0 Å². The smallest absolute Gasteiger partial charge is 0.225 e. The molecule has 0 spiro atoms. The molecule has 3 N–H and O–H groups in total. The predicted molar refractivity (Wildman–Crippen MR) is 75.3 cm³/mol. The van der Waals surface area contributed by atoms with Crippen molar-refractivity contribution < 1.29 is 4.79 Å². The van der Waals surface area contributed by atoms with Crippen LogP contribution in [0.1, 0.15) is 31.4 Å². The van der Waals surface area contributed by atoms with Gasteiger partial charge in [-0.3, -0.25) is 4.79 Å². The van der Waals surface area contributed by atoms with E-state index in [-0.39, 0.29) is 11.3 Å². The number of aryl methyl sites for hydroxylation is 1. The van der Waals surface area contributed by atoms with E-state index in [9.17, 15) is 4.79 Å². The van der Waals surface area contributed by atoms with Gasteiger partial charge >= 0.3 is 0 Å². The fourth-order valence-electron chi connectivity index (χ4n) is 2.33. The molecule has 98 valence electrons. The molecule has 4 nitrogen and oxygen atoms in total. The Labute approximate surface area is 115 Å². The zero-order chi connectivity index (χ0) is 13.2. The summed E-state index contributed by atoms with van der Waals surface area (Å²) in [7, 11) is 0. The van der Waals surface area contributed by atoms with Crippen LogP contribution < -0.4 is 11.1 Å². The van der Waals surface area contributed by atoms with E-state index < -0.39 is 0 Å². The van der Waals surface area contributed by atoms with E-state index in [0.717, 1.165) is 28.8 Å². The van der Waals surface area contributed by atoms with E-state index in [1.165, 1.54) is 6.42 Å². The van der Waals surface area contributed by atoms with Gasteiger partial charge in [0.15, 0.2) is 0 Å². The van der Waals surface area contributed by atoms with Crippen molar-refractivity contribution in [3.05, 3.63) is 22.4 Å². The second kappa shape index (κ2) is 5.36. The summed E-state index contributed by atoms with van der Waals surface area (Å²) in [5.41, 5.74) is 7.39. The second-order valence-electron chi connectivity index (χ2n) is 5.05. The van der Waals surface area contributed by atoms with E-state index in [2.05, 4.69) is 26.2 Å². The third-order valence-electron chi connectivity index (χ3n) is 3.71. The Morgan fingerprint density at radius 2 is 2.28 bits per heavy atom. The fourth-order valence-corrected chi connectivity index (χ4v) is 2.73. The van der Waals surface area contributed by atoms with Crippen LogP contribution in [0.4, 0.5) is 5.69 Å². The summed E-state index contributed by atoms with van der Waals surface area (Å²) < 4.78 is 0.774. The molecule has 2 rings (SSSR count). The summed E-state index contributed by atoms with van der Waals surface area (Å²) in [6.07, 6.45) is 3.82. The third-order valence-corrected chi connectivity index (χ3v) is 4.15. The quantitative estimate of drug-likeness (QED) is 0.840. The molecule has 1 aromatic heterocycles. The van der Waals surface area contributed by atoms with E-state index in [1.54, 1.807) is 0 Å². The number of nitrogens with one attached hydrogen (secondary N) is 1. The number of amides is 1. The minimum absolute atomic E-state index is 0.0346.